The molecule has 8 nitrogen and oxygen atoms in total. The average molecular weight is 642 g/mol. The highest BCUT2D eigenvalue weighted by Gasteiger charge is 2.39. The number of hydrogen-bond acceptors (Lipinski definition) is 6. The first kappa shape index (κ1) is 34.5. The fourth-order valence-corrected chi connectivity index (χ4v) is 6.65. The molecule has 5 rings (SSSR count). The highest BCUT2D eigenvalue weighted by molar-refractivity contribution is 5.95. The zero-order chi connectivity index (χ0) is 33.2. The monoisotopic (exact) mass is 641 g/mol. The Kier molecular flexibility index (Phi) is 12.3. The standard InChI is InChI=1S/C39H51N3O5/c1-28(2)41(39(44)31-16-19-36(46-4)37(22-31)47-21-11-20-45-3)26-32-24-40-25-33(32)27-42(34-17-18-34)38(43)23-35(29-12-7-5-8-13-29)30-14-9-6-10-15-30/h5-10,12-16,19,22,28,32-35,40H,11,17-18,20-21,23-27H2,1-4H3. The maximum atomic E-state index is 14.1. The summed E-state index contributed by atoms with van der Waals surface area (Å²) in [4.78, 5) is 32.2. The fourth-order valence-electron chi connectivity index (χ4n) is 6.65. The molecule has 1 saturated heterocycles. The molecule has 252 valence electrons. The molecule has 3 aromatic carbocycles. The van der Waals surface area contributed by atoms with Crippen LogP contribution in [0.1, 0.15) is 66.9 Å². The van der Waals surface area contributed by atoms with Crippen molar-refractivity contribution in [1.82, 2.24) is 15.1 Å². The topological polar surface area (TPSA) is 80.3 Å². The summed E-state index contributed by atoms with van der Waals surface area (Å²) in [6, 6.07) is 26.5. The Morgan fingerprint density at radius 2 is 1.47 bits per heavy atom. The van der Waals surface area contributed by atoms with Crippen molar-refractivity contribution < 1.29 is 23.8 Å². The van der Waals surface area contributed by atoms with Gasteiger partial charge in [-0.05, 0) is 67.9 Å². The van der Waals surface area contributed by atoms with E-state index in [1.54, 1.807) is 26.4 Å². The van der Waals surface area contributed by atoms with Crippen molar-refractivity contribution >= 4 is 11.8 Å². The van der Waals surface area contributed by atoms with Crippen LogP contribution in [0.2, 0.25) is 0 Å². The quantitative estimate of drug-likeness (QED) is 0.182. The summed E-state index contributed by atoms with van der Waals surface area (Å²) in [5, 5.41) is 3.58. The first-order valence-corrected chi connectivity index (χ1v) is 17.1. The molecule has 0 aromatic heterocycles. The van der Waals surface area contributed by atoms with Gasteiger partial charge in [0.15, 0.2) is 11.5 Å². The Morgan fingerprint density at radius 1 is 0.830 bits per heavy atom. The molecule has 47 heavy (non-hydrogen) atoms. The van der Waals surface area contributed by atoms with E-state index in [2.05, 4.69) is 48.3 Å². The minimum atomic E-state index is -0.0289. The lowest BCUT2D eigenvalue weighted by Gasteiger charge is -2.34. The molecule has 0 spiro atoms. The second-order valence-electron chi connectivity index (χ2n) is 13.1. The largest absolute Gasteiger partial charge is 0.493 e. The van der Waals surface area contributed by atoms with Gasteiger partial charge in [0, 0.05) is 76.3 Å². The molecule has 1 aliphatic heterocycles. The van der Waals surface area contributed by atoms with Crippen LogP contribution in [0.4, 0.5) is 0 Å². The molecule has 0 radical (unpaired) electrons. The predicted molar refractivity (Wildman–Crippen MR) is 185 cm³/mol. The molecule has 2 fully saturated rings. The number of ether oxygens (including phenoxy) is 3. The van der Waals surface area contributed by atoms with Crippen LogP contribution in [-0.2, 0) is 9.53 Å². The van der Waals surface area contributed by atoms with Crippen LogP contribution in [0.15, 0.2) is 78.9 Å². The lowest BCUT2D eigenvalue weighted by Crippen LogP contribution is -2.45. The van der Waals surface area contributed by atoms with Gasteiger partial charge in [-0.2, -0.15) is 0 Å². The summed E-state index contributed by atoms with van der Waals surface area (Å²) in [6.07, 6.45) is 3.30. The van der Waals surface area contributed by atoms with Crippen molar-refractivity contribution in [2.45, 2.75) is 57.5 Å². The number of methoxy groups -OCH3 is 2. The summed E-state index contributed by atoms with van der Waals surface area (Å²) in [6.45, 7) is 8.18. The van der Waals surface area contributed by atoms with Gasteiger partial charge in [0.05, 0.1) is 13.7 Å². The Labute approximate surface area is 280 Å². The second-order valence-corrected chi connectivity index (χ2v) is 13.1. The van der Waals surface area contributed by atoms with Crippen LogP contribution >= 0.6 is 0 Å². The van der Waals surface area contributed by atoms with E-state index in [4.69, 9.17) is 14.2 Å². The molecular weight excluding hydrogens is 590 g/mol. The Hall–Kier alpha value is -3.88. The summed E-state index contributed by atoms with van der Waals surface area (Å²) in [5.74, 6) is 1.84. The van der Waals surface area contributed by atoms with E-state index < -0.39 is 0 Å². The molecule has 3 aromatic rings. The zero-order valence-corrected chi connectivity index (χ0v) is 28.4. The molecular formula is C39H51N3O5. The molecule has 1 heterocycles. The number of amides is 2. The van der Waals surface area contributed by atoms with Crippen LogP contribution in [0.3, 0.4) is 0 Å². The van der Waals surface area contributed by atoms with Crippen molar-refractivity contribution in [2.24, 2.45) is 11.8 Å². The van der Waals surface area contributed by atoms with Gasteiger partial charge in [-0.1, -0.05) is 60.7 Å². The van der Waals surface area contributed by atoms with Gasteiger partial charge in [-0.15, -0.1) is 0 Å². The van der Waals surface area contributed by atoms with Crippen LogP contribution in [0.5, 0.6) is 11.5 Å². The predicted octanol–water partition coefficient (Wildman–Crippen LogP) is 6.01. The average Bonchev–Trinajstić information content (AvgIpc) is 3.85. The normalized spacial score (nSPS) is 17.6. The van der Waals surface area contributed by atoms with Crippen LogP contribution in [0, 0.1) is 11.8 Å². The molecule has 2 amide bonds. The van der Waals surface area contributed by atoms with Gasteiger partial charge in [0.2, 0.25) is 5.91 Å². The summed E-state index contributed by atoms with van der Waals surface area (Å²) in [5.41, 5.74) is 2.90. The summed E-state index contributed by atoms with van der Waals surface area (Å²) < 4.78 is 16.6. The molecule has 1 N–H and O–H groups in total. The van der Waals surface area contributed by atoms with Gasteiger partial charge in [-0.25, -0.2) is 0 Å². The van der Waals surface area contributed by atoms with Crippen molar-refractivity contribution in [1.29, 1.82) is 0 Å². The lowest BCUT2D eigenvalue weighted by atomic mass is 9.87. The van der Waals surface area contributed by atoms with E-state index in [9.17, 15) is 9.59 Å². The van der Waals surface area contributed by atoms with Crippen molar-refractivity contribution in [3.05, 3.63) is 95.6 Å². The Morgan fingerprint density at radius 3 is 2.04 bits per heavy atom. The summed E-state index contributed by atoms with van der Waals surface area (Å²) in [7, 11) is 3.27. The lowest BCUT2D eigenvalue weighted by molar-refractivity contribution is -0.132. The summed E-state index contributed by atoms with van der Waals surface area (Å²) >= 11 is 0. The van der Waals surface area contributed by atoms with Gasteiger partial charge in [0.1, 0.15) is 0 Å². The third-order valence-electron chi connectivity index (χ3n) is 9.48. The zero-order valence-electron chi connectivity index (χ0n) is 28.4. The van der Waals surface area contributed by atoms with Crippen molar-refractivity contribution in [2.75, 3.05) is 53.6 Å². The molecule has 2 aliphatic rings. The maximum absolute atomic E-state index is 14.1. The van der Waals surface area contributed by atoms with Crippen LogP contribution in [-0.4, -0.2) is 87.3 Å². The van der Waals surface area contributed by atoms with Gasteiger partial charge < -0.3 is 29.3 Å². The molecule has 8 heteroatoms. The Balaban J connectivity index is 1.28. The smallest absolute Gasteiger partial charge is 0.254 e. The molecule has 1 aliphatic carbocycles. The number of nitrogens with one attached hydrogen (secondary N) is 1. The number of nitrogens with zero attached hydrogens (tertiary/aromatic N) is 2. The number of benzene rings is 3. The number of carbonyl (C=O) groups excluding carboxylic acids is 2. The van der Waals surface area contributed by atoms with Gasteiger partial charge in [-0.3, -0.25) is 9.59 Å². The van der Waals surface area contributed by atoms with E-state index >= 15 is 0 Å². The minimum Gasteiger partial charge on any atom is -0.493 e. The highest BCUT2D eigenvalue weighted by atomic mass is 16.5. The van der Waals surface area contributed by atoms with E-state index in [-0.39, 0.29) is 35.6 Å². The third-order valence-corrected chi connectivity index (χ3v) is 9.48. The minimum absolute atomic E-state index is 0.00981. The SMILES string of the molecule is COCCCOc1cc(C(=O)N(CC2CNCC2CN(C(=O)CC(c2ccccc2)c2ccccc2)C2CC2)C(C)C)ccc1OC. The van der Waals surface area contributed by atoms with Gasteiger partial charge in [0.25, 0.3) is 5.91 Å². The van der Waals surface area contributed by atoms with E-state index in [1.165, 1.54) is 0 Å². The van der Waals surface area contributed by atoms with Crippen LogP contribution in [0.25, 0.3) is 0 Å². The van der Waals surface area contributed by atoms with Crippen molar-refractivity contribution in [3.8, 4) is 11.5 Å². The third kappa shape index (κ3) is 9.14. The maximum Gasteiger partial charge on any atom is 0.254 e. The number of hydrogen-bond donors (Lipinski definition) is 1. The van der Waals surface area contributed by atoms with Crippen molar-refractivity contribution in [3.63, 3.8) is 0 Å². The number of rotatable bonds is 17. The second kappa shape index (κ2) is 16.8. The molecule has 1 saturated carbocycles. The van der Waals surface area contributed by atoms with Gasteiger partial charge >= 0.3 is 0 Å². The van der Waals surface area contributed by atoms with Crippen LogP contribution < -0.4 is 14.8 Å². The fraction of sp³-hybridized carbons (Fsp3) is 0.487. The van der Waals surface area contributed by atoms with E-state index in [0.717, 1.165) is 43.5 Å². The first-order chi connectivity index (χ1) is 22.9. The van der Waals surface area contributed by atoms with E-state index in [0.29, 0.717) is 55.8 Å². The molecule has 2 atom stereocenters. The molecule has 2 unspecified atom stereocenters. The van der Waals surface area contributed by atoms with E-state index in [1.807, 2.05) is 47.4 Å². The highest BCUT2D eigenvalue weighted by Crippen LogP contribution is 2.35. The first-order valence-electron chi connectivity index (χ1n) is 17.1. The molecule has 0 bridgehead atoms. The number of carbonyl (C=O) groups is 2. The Bertz CT molecular complexity index is 1390.